The van der Waals surface area contributed by atoms with Crippen molar-refractivity contribution in [2.75, 3.05) is 12.4 Å². The van der Waals surface area contributed by atoms with Gasteiger partial charge in [-0.1, -0.05) is 26.0 Å². The number of amides is 1. The molecule has 0 spiro atoms. The van der Waals surface area contributed by atoms with Crippen molar-refractivity contribution in [2.45, 2.75) is 13.8 Å². The van der Waals surface area contributed by atoms with Gasteiger partial charge >= 0.3 is 0 Å². The first-order valence-corrected chi connectivity index (χ1v) is 12.3. The highest BCUT2D eigenvalue weighted by Crippen LogP contribution is 2.34. The van der Waals surface area contributed by atoms with Crippen LogP contribution < -0.4 is 10.1 Å². The number of hydrogen-bond donors (Lipinski definition) is 3. The molecule has 39 heavy (non-hydrogen) atoms. The van der Waals surface area contributed by atoms with Crippen molar-refractivity contribution >= 4 is 33.5 Å². The molecule has 4 aromatic heterocycles. The average molecular weight is 522 g/mol. The van der Waals surface area contributed by atoms with E-state index in [0.717, 1.165) is 27.5 Å². The molecule has 0 fully saturated rings. The van der Waals surface area contributed by atoms with Gasteiger partial charge in [0.1, 0.15) is 17.3 Å². The van der Waals surface area contributed by atoms with Gasteiger partial charge in [-0.05, 0) is 35.9 Å². The number of aromatic amines is 2. The fourth-order valence-corrected chi connectivity index (χ4v) is 4.40. The van der Waals surface area contributed by atoms with Crippen LogP contribution in [0.4, 0.5) is 10.1 Å². The molecule has 6 rings (SSSR count). The van der Waals surface area contributed by atoms with Gasteiger partial charge in [0.15, 0.2) is 5.82 Å². The molecule has 0 unspecified atom stereocenters. The van der Waals surface area contributed by atoms with Crippen molar-refractivity contribution in [3.8, 4) is 39.7 Å². The molecule has 0 radical (unpaired) electrons. The van der Waals surface area contributed by atoms with E-state index in [-0.39, 0.29) is 11.8 Å². The van der Waals surface area contributed by atoms with Crippen LogP contribution in [0, 0.1) is 11.7 Å². The summed E-state index contributed by atoms with van der Waals surface area (Å²) in [5, 5.41) is 11.2. The second-order valence-electron chi connectivity index (χ2n) is 9.46. The number of carbonyl (C=O) groups is 1. The summed E-state index contributed by atoms with van der Waals surface area (Å²) in [4.78, 5) is 29.2. The van der Waals surface area contributed by atoms with Crippen LogP contribution in [0.3, 0.4) is 0 Å². The number of imidazole rings is 1. The lowest BCUT2D eigenvalue weighted by molar-refractivity contribution is -0.118. The van der Waals surface area contributed by atoms with Crippen LogP contribution in [0.25, 0.3) is 55.8 Å². The molecule has 9 nitrogen and oxygen atoms in total. The number of methoxy groups -OCH3 is 1. The Morgan fingerprint density at radius 1 is 1.03 bits per heavy atom. The van der Waals surface area contributed by atoms with E-state index in [1.165, 1.54) is 19.2 Å². The molecule has 0 aliphatic carbocycles. The predicted molar refractivity (Wildman–Crippen MR) is 148 cm³/mol. The van der Waals surface area contributed by atoms with Crippen LogP contribution in [-0.2, 0) is 4.79 Å². The Morgan fingerprint density at radius 3 is 2.72 bits per heavy atom. The van der Waals surface area contributed by atoms with Gasteiger partial charge < -0.3 is 15.0 Å². The van der Waals surface area contributed by atoms with Crippen molar-refractivity contribution in [3.05, 3.63) is 72.9 Å². The molecule has 1 amide bonds. The molecule has 3 N–H and O–H groups in total. The van der Waals surface area contributed by atoms with E-state index in [0.29, 0.717) is 39.7 Å². The van der Waals surface area contributed by atoms with Crippen LogP contribution >= 0.6 is 0 Å². The molecule has 0 saturated heterocycles. The standard InChI is InChI=1S/C29H24FN7O2/c1-15(2)29(38)33-19-8-17(12-31-13-19)24-11-22-25(14-32-24)36-37-27(22)28-34-23-6-4-5-21(26(23)35-28)16-7-18(30)10-20(9-16)39-3/h4-15H,1-3H3,(H,33,38)(H,34,35)(H,36,37). The highest BCUT2D eigenvalue weighted by Gasteiger charge is 2.17. The highest BCUT2D eigenvalue weighted by molar-refractivity contribution is 5.98. The van der Waals surface area contributed by atoms with Crippen LogP contribution in [0.2, 0.25) is 0 Å². The number of pyridine rings is 2. The maximum atomic E-state index is 14.3. The Morgan fingerprint density at radius 2 is 1.90 bits per heavy atom. The van der Waals surface area contributed by atoms with E-state index in [2.05, 4.69) is 30.5 Å². The van der Waals surface area contributed by atoms with E-state index in [1.54, 1.807) is 24.7 Å². The number of ether oxygens (including phenoxy) is 1. The van der Waals surface area contributed by atoms with Crippen molar-refractivity contribution in [1.82, 2.24) is 30.1 Å². The van der Waals surface area contributed by atoms with E-state index in [4.69, 9.17) is 9.72 Å². The lowest BCUT2D eigenvalue weighted by atomic mass is 10.0. The van der Waals surface area contributed by atoms with Crippen molar-refractivity contribution in [3.63, 3.8) is 0 Å². The number of fused-ring (bicyclic) bond motifs is 2. The van der Waals surface area contributed by atoms with Gasteiger partial charge in [-0.15, -0.1) is 0 Å². The zero-order valence-corrected chi connectivity index (χ0v) is 21.4. The average Bonchev–Trinajstić information content (AvgIpc) is 3.56. The summed E-state index contributed by atoms with van der Waals surface area (Å²) >= 11 is 0. The topological polar surface area (TPSA) is 121 Å². The lowest BCUT2D eigenvalue weighted by Crippen LogP contribution is -2.17. The summed E-state index contributed by atoms with van der Waals surface area (Å²) in [5.41, 5.74) is 6.26. The number of anilines is 1. The number of halogens is 1. The molecule has 0 aliphatic rings. The number of nitrogens with one attached hydrogen (secondary N) is 3. The zero-order chi connectivity index (χ0) is 27.1. The number of H-pyrrole nitrogens is 2. The minimum absolute atomic E-state index is 0.0876. The van der Waals surface area contributed by atoms with Gasteiger partial charge in [0, 0.05) is 34.7 Å². The highest BCUT2D eigenvalue weighted by atomic mass is 19.1. The first kappa shape index (κ1) is 24.2. The molecular formula is C29H24FN7O2. The van der Waals surface area contributed by atoms with Gasteiger partial charge in [0.05, 0.1) is 47.4 Å². The smallest absolute Gasteiger partial charge is 0.226 e. The van der Waals surface area contributed by atoms with Crippen LogP contribution in [0.5, 0.6) is 5.75 Å². The summed E-state index contributed by atoms with van der Waals surface area (Å²) in [6, 6.07) is 14.0. The third kappa shape index (κ3) is 4.56. The molecule has 2 aromatic carbocycles. The predicted octanol–water partition coefficient (Wildman–Crippen LogP) is 5.97. The molecule has 4 heterocycles. The third-order valence-corrected chi connectivity index (χ3v) is 6.43. The van der Waals surface area contributed by atoms with Crippen molar-refractivity contribution in [2.24, 2.45) is 5.92 Å². The summed E-state index contributed by atoms with van der Waals surface area (Å²) in [5.74, 6) is 0.357. The van der Waals surface area contributed by atoms with Gasteiger partial charge in [-0.3, -0.25) is 19.9 Å². The molecule has 0 bridgehead atoms. The molecule has 10 heteroatoms. The Balaban J connectivity index is 1.41. The number of benzene rings is 2. The van der Waals surface area contributed by atoms with Gasteiger partial charge in [-0.25, -0.2) is 9.37 Å². The van der Waals surface area contributed by atoms with Gasteiger partial charge in [0.2, 0.25) is 5.91 Å². The van der Waals surface area contributed by atoms with Crippen molar-refractivity contribution in [1.29, 1.82) is 0 Å². The third-order valence-electron chi connectivity index (χ3n) is 6.43. The van der Waals surface area contributed by atoms with E-state index >= 15 is 0 Å². The number of hydrogen-bond acceptors (Lipinski definition) is 6. The number of aromatic nitrogens is 6. The molecule has 0 atom stereocenters. The monoisotopic (exact) mass is 521 g/mol. The SMILES string of the molecule is COc1cc(F)cc(-c2cccc3[nH]c(-c4n[nH]c5cnc(-c6cncc(NC(=O)C(C)C)c6)cc45)nc23)c1. The first-order chi connectivity index (χ1) is 18.9. The Labute approximate surface area is 222 Å². The maximum absolute atomic E-state index is 14.3. The summed E-state index contributed by atoms with van der Waals surface area (Å²) in [6.07, 6.45) is 5.00. The maximum Gasteiger partial charge on any atom is 0.226 e. The Kier molecular flexibility index (Phi) is 5.99. The summed E-state index contributed by atoms with van der Waals surface area (Å²) < 4.78 is 19.5. The Bertz CT molecular complexity index is 1860. The van der Waals surface area contributed by atoms with Crippen LogP contribution in [0.1, 0.15) is 13.8 Å². The summed E-state index contributed by atoms with van der Waals surface area (Å²) in [7, 11) is 1.51. The van der Waals surface area contributed by atoms with E-state index in [1.807, 2.05) is 44.2 Å². The molecule has 0 aliphatic heterocycles. The number of para-hydroxylation sites is 1. The normalized spacial score (nSPS) is 11.4. The zero-order valence-electron chi connectivity index (χ0n) is 21.4. The number of rotatable bonds is 6. The minimum atomic E-state index is -0.391. The van der Waals surface area contributed by atoms with E-state index in [9.17, 15) is 9.18 Å². The quantitative estimate of drug-likeness (QED) is 0.248. The second kappa shape index (κ2) is 9.64. The number of carbonyl (C=O) groups excluding carboxylic acids is 1. The largest absolute Gasteiger partial charge is 0.497 e. The first-order valence-electron chi connectivity index (χ1n) is 12.3. The minimum Gasteiger partial charge on any atom is -0.497 e. The number of nitrogens with zero attached hydrogens (tertiary/aromatic N) is 4. The fourth-order valence-electron chi connectivity index (χ4n) is 4.40. The van der Waals surface area contributed by atoms with Crippen LogP contribution in [-0.4, -0.2) is 43.2 Å². The van der Waals surface area contributed by atoms with E-state index < -0.39 is 5.82 Å². The molecule has 194 valence electrons. The lowest BCUT2D eigenvalue weighted by Gasteiger charge is -2.08. The van der Waals surface area contributed by atoms with Crippen LogP contribution in [0.15, 0.2) is 67.1 Å². The van der Waals surface area contributed by atoms with Gasteiger partial charge in [-0.2, -0.15) is 5.10 Å². The van der Waals surface area contributed by atoms with Crippen molar-refractivity contribution < 1.29 is 13.9 Å². The summed E-state index contributed by atoms with van der Waals surface area (Å²) in [6.45, 7) is 3.66. The Hall–Kier alpha value is -5.12. The molecule has 0 saturated carbocycles. The molecular weight excluding hydrogens is 497 g/mol. The van der Waals surface area contributed by atoms with Gasteiger partial charge in [0.25, 0.3) is 0 Å². The molecule has 6 aromatic rings. The second-order valence-corrected chi connectivity index (χ2v) is 9.46. The fraction of sp³-hybridized carbons (Fsp3) is 0.138.